The van der Waals surface area contributed by atoms with Crippen molar-refractivity contribution in [1.29, 1.82) is 0 Å². The van der Waals surface area contributed by atoms with Crippen LogP contribution >= 0.6 is 0 Å². The molecular formula is C34H52O4Si. The van der Waals surface area contributed by atoms with Gasteiger partial charge in [-0.25, -0.2) is 0 Å². The Kier molecular flexibility index (Phi) is 10.5. The Balaban J connectivity index is 1.40. The maximum atomic E-state index is 9.32. The fourth-order valence-electron chi connectivity index (χ4n) is 6.80. The van der Waals surface area contributed by atoms with Crippen molar-refractivity contribution in [2.75, 3.05) is 13.2 Å². The fourth-order valence-corrected chi connectivity index (χ4v) is 11.5. The van der Waals surface area contributed by atoms with Gasteiger partial charge in [0, 0.05) is 26.1 Å². The van der Waals surface area contributed by atoms with E-state index < -0.39 is 14.1 Å². The first-order valence-electron chi connectivity index (χ1n) is 15.4. The van der Waals surface area contributed by atoms with E-state index in [1.165, 1.54) is 16.8 Å². The molecule has 2 aromatic rings. The van der Waals surface area contributed by atoms with Crippen molar-refractivity contribution < 1.29 is 19.0 Å². The zero-order chi connectivity index (χ0) is 27.9. The highest BCUT2D eigenvalue weighted by Crippen LogP contribution is 2.43. The Bertz CT molecular complexity index is 952. The summed E-state index contributed by atoms with van der Waals surface area (Å²) in [6, 6.07) is 21.9. The Morgan fingerprint density at radius 1 is 0.949 bits per heavy atom. The molecule has 2 aliphatic heterocycles. The largest absolute Gasteiger partial charge is 0.407 e. The van der Waals surface area contributed by atoms with Crippen LogP contribution in [0.4, 0.5) is 0 Å². The van der Waals surface area contributed by atoms with Crippen LogP contribution in [-0.4, -0.2) is 44.6 Å². The van der Waals surface area contributed by atoms with Crippen molar-refractivity contribution in [1.82, 2.24) is 0 Å². The average Bonchev–Trinajstić information content (AvgIpc) is 2.93. The predicted octanol–water partition coefficient (Wildman–Crippen LogP) is 6.83. The summed E-state index contributed by atoms with van der Waals surface area (Å²) < 4.78 is 20.6. The minimum absolute atomic E-state index is 0.00366. The summed E-state index contributed by atoms with van der Waals surface area (Å²) in [4.78, 5) is 0. The quantitative estimate of drug-likeness (QED) is 0.310. The van der Waals surface area contributed by atoms with Gasteiger partial charge in [0.1, 0.15) is 0 Å². The second-order valence-corrected chi connectivity index (χ2v) is 17.5. The second kappa shape index (κ2) is 13.4. The Morgan fingerprint density at radius 2 is 1.59 bits per heavy atom. The minimum atomic E-state index is -2.51. The molecule has 0 unspecified atom stereocenters. The average molecular weight is 553 g/mol. The van der Waals surface area contributed by atoms with Crippen molar-refractivity contribution >= 4 is 18.7 Å². The van der Waals surface area contributed by atoms with Gasteiger partial charge in [0.05, 0.1) is 12.2 Å². The van der Waals surface area contributed by atoms with Gasteiger partial charge in [0.15, 0.2) is 5.79 Å². The highest BCUT2D eigenvalue weighted by atomic mass is 28.4. The first kappa shape index (κ1) is 30.5. The lowest BCUT2D eigenvalue weighted by atomic mass is 9.85. The third-order valence-corrected chi connectivity index (χ3v) is 14.1. The van der Waals surface area contributed by atoms with E-state index in [4.69, 9.17) is 13.9 Å². The molecule has 2 aromatic carbocycles. The van der Waals surface area contributed by atoms with Crippen LogP contribution in [0, 0.1) is 11.8 Å². The molecule has 4 nitrogen and oxygen atoms in total. The van der Waals surface area contributed by atoms with Gasteiger partial charge in [-0.05, 0) is 72.2 Å². The zero-order valence-corrected chi connectivity index (χ0v) is 26.0. The third-order valence-electron chi connectivity index (χ3n) is 9.08. The fraction of sp³-hybridized carbons (Fsp3) is 0.647. The van der Waals surface area contributed by atoms with E-state index >= 15 is 0 Å². The van der Waals surface area contributed by atoms with Gasteiger partial charge in [-0.3, -0.25) is 0 Å². The van der Waals surface area contributed by atoms with Gasteiger partial charge < -0.3 is 19.0 Å². The van der Waals surface area contributed by atoms with E-state index in [0.717, 1.165) is 58.0 Å². The number of aliphatic hydroxyl groups is 1. The normalized spacial score (nSPS) is 27.0. The monoisotopic (exact) mass is 552 g/mol. The Morgan fingerprint density at radius 3 is 2.18 bits per heavy atom. The summed E-state index contributed by atoms with van der Waals surface area (Å²) in [6.07, 6.45) is 9.72. The molecular weight excluding hydrogens is 500 g/mol. The third kappa shape index (κ3) is 7.23. The second-order valence-electron chi connectivity index (χ2n) is 13.2. The molecule has 0 bridgehead atoms. The van der Waals surface area contributed by atoms with Crippen LogP contribution < -0.4 is 10.4 Å². The van der Waals surface area contributed by atoms with E-state index in [1.54, 1.807) is 0 Å². The SMILES string of the molecule is C[C@@H](CC[C@@H]1CCC[C@]2(CC[C@H](C)[C@@H](CCCO)O2)O1)CO[Si](c1ccccc1)(c1ccccc1)C(C)(C)C. The lowest BCUT2D eigenvalue weighted by Crippen LogP contribution is -2.66. The lowest BCUT2D eigenvalue weighted by Gasteiger charge is -2.48. The van der Waals surface area contributed by atoms with E-state index in [2.05, 4.69) is 95.3 Å². The molecule has 4 rings (SSSR count). The first-order chi connectivity index (χ1) is 18.7. The molecule has 2 fully saturated rings. The van der Waals surface area contributed by atoms with E-state index in [-0.39, 0.29) is 23.9 Å². The topological polar surface area (TPSA) is 47.9 Å². The van der Waals surface area contributed by atoms with E-state index in [1.807, 2.05) is 0 Å². The van der Waals surface area contributed by atoms with Crippen LogP contribution in [0.3, 0.4) is 0 Å². The molecule has 2 heterocycles. The van der Waals surface area contributed by atoms with Crippen molar-refractivity contribution in [3.05, 3.63) is 60.7 Å². The maximum Gasteiger partial charge on any atom is 0.261 e. The summed E-state index contributed by atoms with van der Waals surface area (Å²) in [7, 11) is -2.51. The van der Waals surface area contributed by atoms with Gasteiger partial charge in [-0.2, -0.15) is 0 Å². The van der Waals surface area contributed by atoms with Crippen LogP contribution in [0.15, 0.2) is 60.7 Å². The standard InChI is InChI=1S/C34H52O4Si/c1-27(20-21-29-14-12-23-34(37-29)24-22-28(2)32(38-34)19-13-25-35)26-36-39(33(3,4)5,30-15-8-6-9-16-30)31-17-10-7-11-18-31/h6-11,15-18,27-29,32,35H,12-14,19-26H2,1-5H3/t27-,28-,29-,32+,34-/m0/s1. The van der Waals surface area contributed by atoms with Crippen LogP contribution in [0.25, 0.3) is 0 Å². The van der Waals surface area contributed by atoms with Crippen molar-refractivity contribution in [2.24, 2.45) is 11.8 Å². The minimum Gasteiger partial charge on any atom is -0.407 e. The van der Waals surface area contributed by atoms with Gasteiger partial charge in [-0.15, -0.1) is 0 Å². The smallest absolute Gasteiger partial charge is 0.261 e. The van der Waals surface area contributed by atoms with E-state index in [0.29, 0.717) is 11.8 Å². The highest BCUT2D eigenvalue weighted by molar-refractivity contribution is 6.99. The maximum absolute atomic E-state index is 9.32. The molecule has 2 aliphatic rings. The number of aliphatic hydroxyl groups excluding tert-OH is 1. The lowest BCUT2D eigenvalue weighted by molar-refractivity contribution is -0.324. The molecule has 1 N–H and O–H groups in total. The molecule has 0 aromatic heterocycles. The molecule has 5 atom stereocenters. The molecule has 0 radical (unpaired) electrons. The summed E-state index contributed by atoms with van der Waals surface area (Å²) >= 11 is 0. The Labute approximate surface area is 238 Å². The molecule has 5 heteroatoms. The summed E-state index contributed by atoms with van der Waals surface area (Å²) in [6.45, 7) is 12.6. The molecule has 0 saturated carbocycles. The van der Waals surface area contributed by atoms with Gasteiger partial charge in [0.25, 0.3) is 8.32 Å². The summed E-state index contributed by atoms with van der Waals surface area (Å²) in [5, 5.41) is 12.0. The van der Waals surface area contributed by atoms with Crippen LogP contribution in [0.1, 0.15) is 92.4 Å². The van der Waals surface area contributed by atoms with Crippen molar-refractivity contribution in [3.63, 3.8) is 0 Å². The number of benzene rings is 2. The van der Waals surface area contributed by atoms with Gasteiger partial charge in [-0.1, -0.05) is 95.3 Å². The number of hydrogen-bond acceptors (Lipinski definition) is 4. The molecule has 1 spiro atoms. The van der Waals surface area contributed by atoms with E-state index in [9.17, 15) is 5.11 Å². The van der Waals surface area contributed by atoms with Crippen LogP contribution in [0.2, 0.25) is 5.04 Å². The summed E-state index contributed by atoms with van der Waals surface area (Å²) in [5.41, 5.74) is 0. The molecule has 2 saturated heterocycles. The molecule has 216 valence electrons. The van der Waals surface area contributed by atoms with Crippen LogP contribution in [-0.2, 0) is 13.9 Å². The predicted molar refractivity (Wildman–Crippen MR) is 163 cm³/mol. The molecule has 39 heavy (non-hydrogen) atoms. The molecule has 0 aliphatic carbocycles. The van der Waals surface area contributed by atoms with Crippen LogP contribution in [0.5, 0.6) is 0 Å². The first-order valence-corrected chi connectivity index (χ1v) is 17.3. The van der Waals surface area contributed by atoms with Gasteiger partial charge >= 0.3 is 0 Å². The number of rotatable bonds is 11. The van der Waals surface area contributed by atoms with Gasteiger partial charge in [0.2, 0.25) is 0 Å². The van der Waals surface area contributed by atoms with Crippen molar-refractivity contribution in [2.45, 2.75) is 115 Å². The molecule has 0 amide bonds. The zero-order valence-electron chi connectivity index (χ0n) is 25.0. The number of hydrogen-bond donors (Lipinski definition) is 1. The highest BCUT2D eigenvalue weighted by Gasteiger charge is 2.50. The number of ether oxygens (including phenoxy) is 2. The Hall–Kier alpha value is -1.50. The van der Waals surface area contributed by atoms with Crippen molar-refractivity contribution in [3.8, 4) is 0 Å². The summed E-state index contributed by atoms with van der Waals surface area (Å²) in [5.74, 6) is 0.562.